The van der Waals surface area contributed by atoms with E-state index in [0.29, 0.717) is 0 Å². The molecular weight excluding hydrogens is 284 g/mol. The number of Topliss-reactive ketones (excluding diaryl/α,β-unsaturated/α-hetero) is 1. The highest BCUT2D eigenvalue weighted by Crippen LogP contribution is 2.59. The fraction of sp³-hybridized carbons (Fsp3) is 0.769. The number of fused-ring (bicyclic) bond motifs is 2. The van der Waals surface area contributed by atoms with E-state index in [-0.39, 0.29) is 0 Å². The van der Waals surface area contributed by atoms with Crippen LogP contribution in [0.1, 0.15) is 0 Å². The summed E-state index contributed by atoms with van der Waals surface area (Å²) in [6, 6.07) is 0. The van der Waals surface area contributed by atoms with Crippen molar-refractivity contribution in [3.05, 3.63) is 0 Å². The van der Waals surface area contributed by atoms with E-state index in [9.17, 15) is 19.5 Å². The van der Waals surface area contributed by atoms with Gasteiger partial charge in [-0.3, -0.25) is 14.4 Å². The van der Waals surface area contributed by atoms with Crippen molar-refractivity contribution in [1.29, 1.82) is 0 Å². The highest BCUT2D eigenvalue weighted by molar-refractivity contribution is 5.99. The molecule has 8 nitrogen and oxygen atoms in total. The van der Waals surface area contributed by atoms with Gasteiger partial charge in [0.1, 0.15) is 6.10 Å². The first-order valence-electron chi connectivity index (χ1n) is 6.39. The number of hydrogen-bond acceptors (Lipinski definition) is 8. The third kappa shape index (κ3) is 1.82. The smallest absolute Gasteiger partial charge is 0.310 e. The summed E-state index contributed by atoms with van der Waals surface area (Å²) in [6.45, 7) is 0. The molecule has 0 aromatic heterocycles. The summed E-state index contributed by atoms with van der Waals surface area (Å²) in [4.78, 5) is 36.3. The minimum atomic E-state index is -1.55. The molecule has 5 atom stereocenters. The van der Waals surface area contributed by atoms with Crippen LogP contribution in [0.2, 0.25) is 0 Å². The van der Waals surface area contributed by atoms with Crippen LogP contribution in [-0.4, -0.2) is 63.2 Å². The van der Waals surface area contributed by atoms with Crippen molar-refractivity contribution < 1.29 is 38.4 Å². The summed E-state index contributed by atoms with van der Waals surface area (Å²) in [5.74, 6) is -7.93. The van der Waals surface area contributed by atoms with Gasteiger partial charge >= 0.3 is 11.9 Å². The molecule has 0 heterocycles. The molecule has 21 heavy (non-hydrogen) atoms. The molecule has 0 amide bonds. The first-order valence-corrected chi connectivity index (χ1v) is 6.39. The van der Waals surface area contributed by atoms with Gasteiger partial charge in [-0.15, -0.1) is 0 Å². The van der Waals surface area contributed by atoms with E-state index in [1.54, 1.807) is 0 Å². The number of ketones is 1. The third-order valence-corrected chi connectivity index (χ3v) is 4.55. The Morgan fingerprint density at radius 2 is 1.48 bits per heavy atom. The van der Waals surface area contributed by atoms with Crippen LogP contribution >= 0.6 is 0 Å². The SMILES string of the molecule is COC(=O)[C@@H]1[C@H](C(=O)OC)[C@@H]2[C@H](O)C(=O)[C@H]1C2(OC)OC. The number of esters is 2. The van der Waals surface area contributed by atoms with Crippen molar-refractivity contribution in [2.75, 3.05) is 28.4 Å². The van der Waals surface area contributed by atoms with Gasteiger partial charge in [0.25, 0.3) is 0 Å². The van der Waals surface area contributed by atoms with E-state index in [0.717, 1.165) is 14.2 Å². The van der Waals surface area contributed by atoms with Gasteiger partial charge in [-0.1, -0.05) is 0 Å². The maximum Gasteiger partial charge on any atom is 0.310 e. The fourth-order valence-corrected chi connectivity index (χ4v) is 3.75. The Balaban J connectivity index is 2.58. The van der Waals surface area contributed by atoms with Crippen molar-refractivity contribution in [2.45, 2.75) is 11.9 Å². The average molecular weight is 302 g/mol. The van der Waals surface area contributed by atoms with Gasteiger partial charge in [-0.25, -0.2) is 0 Å². The van der Waals surface area contributed by atoms with Gasteiger partial charge in [0.2, 0.25) is 0 Å². The predicted octanol–water partition coefficient (Wildman–Crippen LogP) is -1.26. The van der Waals surface area contributed by atoms with Crippen LogP contribution < -0.4 is 0 Å². The van der Waals surface area contributed by atoms with Gasteiger partial charge < -0.3 is 24.1 Å². The highest BCUT2D eigenvalue weighted by Gasteiger charge is 2.77. The van der Waals surface area contributed by atoms with E-state index in [4.69, 9.17) is 14.2 Å². The van der Waals surface area contributed by atoms with Gasteiger partial charge in [-0.2, -0.15) is 0 Å². The van der Waals surface area contributed by atoms with E-state index < -0.39 is 53.3 Å². The Kier molecular flexibility index (Phi) is 4.05. The topological polar surface area (TPSA) is 108 Å². The van der Waals surface area contributed by atoms with Crippen LogP contribution in [0, 0.1) is 23.7 Å². The number of aliphatic hydroxyl groups is 1. The molecular formula is C13H18O8. The average Bonchev–Trinajstić information content (AvgIpc) is 2.92. The molecule has 0 radical (unpaired) electrons. The van der Waals surface area contributed by atoms with Crippen LogP contribution in [0.15, 0.2) is 0 Å². The summed E-state index contributed by atoms with van der Waals surface area (Å²) in [5.41, 5.74) is 0. The zero-order valence-electron chi connectivity index (χ0n) is 12.2. The standard InChI is InChI=1S/C13H18O8/c1-18-11(16)5-6(12(17)19-2)8-10(15)9(14)7(5)13(8,20-3)21-4/h5-9,14H,1-4H3/t5-,6+,7+,8-,9-/m0/s1. The lowest BCUT2D eigenvalue weighted by molar-refractivity contribution is -0.244. The Morgan fingerprint density at radius 1 is 1.00 bits per heavy atom. The summed E-state index contributed by atoms with van der Waals surface area (Å²) in [5, 5.41) is 10.1. The molecule has 0 spiro atoms. The molecule has 118 valence electrons. The van der Waals surface area contributed by atoms with Crippen LogP contribution in [0.4, 0.5) is 0 Å². The van der Waals surface area contributed by atoms with Gasteiger partial charge in [0.15, 0.2) is 11.6 Å². The largest absolute Gasteiger partial charge is 0.469 e. The first-order chi connectivity index (χ1) is 9.91. The lowest BCUT2D eigenvalue weighted by Gasteiger charge is -2.31. The molecule has 0 saturated heterocycles. The van der Waals surface area contributed by atoms with Crippen LogP contribution in [0.3, 0.4) is 0 Å². The first kappa shape index (κ1) is 15.9. The number of rotatable bonds is 4. The molecule has 2 fully saturated rings. The minimum absolute atomic E-state index is 0.598. The van der Waals surface area contributed by atoms with E-state index in [1.807, 2.05) is 0 Å². The molecule has 0 aliphatic heterocycles. The molecule has 0 unspecified atom stereocenters. The number of aliphatic hydroxyl groups excluding tert-OH is 1. The third-order valence-electron chi connectivity index (χ3n) is 4.55. The van der Waals surface area contributed by atoms with Crippen molar-refractivity contribution in [3.8, 4) is 0 Å². The normalized spacial score (nSPS) is 36.6. The van der Waals surface area contributed by atoms with Crippen LogP contribution in [0.5, 0.6) is 0 Å². The maximum absolute atomic E-state index is 12.2. The molecule has 1 N–H and O–H groups in total. The molecule has 2 aliphatic carbocycles. The number of carbonyl (C=O) groups excluding carboxylic acids is 3. The molecule has 2 rings (SSSR count). The second-order valence-electron chi connectivity index (χ2n) is 5.08. The summed E-state index contributed by atoms with van der Waals surface area (Å²) in [7, 11) is 4.91. The Morgan fingerprint density at radius 3 is 1.90 bits per heavy atom. The predicted molar refractivity (Wildman–Crippen MR) is 65.8 cm³/mol. The molecule has 0 aromatic rings. The summed E-state index contributed by atoms with van der Waals surface area (Å²) in [6.07, 6.45) is -1.46. The summed E-state index contributed by atoms with van der Waals surface area (Å²) < 4.78 is 20.0. The molecule has 8 heteroatoms. The van der Waals surface area contributed by atoms with Crippen LogP contribution in [-0.2, 0) is 33.3 Å². The molecule has 0 aromatic carbocycles. The van der Waals surface area contributed by atoms with E-state index in [2.05, 4.69) is 4.74 Å². The second-order valence-corrected chi connectivity index (χ2v) is 5.08. The lowest BCUT2D eigenvalue weighted by Crippen LogP contribution is -2.46. The highest BCUT2D eigenvalue weighted by atomic mass is 16.7. The monoisotopic (exact) mass is 302 g/mol. The van der Waals surface area contributed by atoms with Crippen molar-refractivity contribution >= 4 is 17.7 Å². The number of carbonyl (C=O) groups is 3. The number of ether oxygens (including phenoxy) is 4. The second kappa shape index (κ2) is 5.36. The van der Waals surface area contributed by atoms with Gasteiger partial charge in [0.05, 0.1) is 37.9 Å². The Labute approximate surface area is 121 Å². The fourth-order valence-electron chi connectivity index (χ4n) is 3.75. The van der Waals surface area contributed by atoms with E-state index in [1.165, 1.54) is 14.2 Å². The van der Waals surface area contributed by atoms with Crippen LogP contribution in [0.25, 0.3) is 0 Å². The van der Waals surface area contributed by atoms with E-state index >= 15 is 0 Å². The Hall–Kier alpha value is -1.51. The molecule has 2 bridgehead atoms. The molecule has 2 aliphatic rings. The number of methoxy groups -OCH3 is 4. The minimum Gasteiger partial charge on any atom is -0.469 e. The lowest BCUT2D eigenvalue weighted by atomic mass is 9.77. The Bertz CT molecular complexity index is 469. The number of hydrogen-bond donors (Lipinski definition) is 1. The summed E-state index contributed by atoms with van der Waals surface area (Å²) >= 11 is 0. The maximum atomic E-state index is 12.2. The van der Waals surface area contributed by atoms with Crippen molar-refractivity contribution in [2.24, 2.45) is 23.7 Å². The van der Waals surface area contributed by atoms with Crippen molar-refractivity contribution in [3.63, 3.8) is 0 Å². The zero-order valence-corrected chi connectivity index (χ0v) is 12.2. The van der Waals surface area contributed by atoms with Gasteiger partial charge in [0, 0.05) is 14.2 Å². The van der Waals surface area contributed by atoms with Crippen molar-refractivity contribution in [1.82, 2.24) is 0 Å². The molecule has 2 saturated carbocycles. The van der Waals surface area contributed by atoms with Gasteiger partial charge in [-0.05, 0) is 0 Å². The zero-order chi connectivity index (χ0) is 15.9. The quantitative estimate of drug-likeness (QED) is 0.506.